The summed E-state index contributed by atoms with van der Waals surface area (Å²) in [4.78, 5) is 16.3. The molecule has 0 atom stereocenters. The average molecular weight is 278 g/mol. The number of carbonyl (C=O) groups is 1. The van der Waals surface area contributed by atoms with Gasteiger partial charge in [0, 0.05) is 23.7 Å². The first-order valence-corrected chi connectivity index (χ1v) is 6.63. The lowest BCUT2D eigenvalue weighted by molar-refractivity contribution is 0.0950. The third-order valence-corrected chi connectivity index (χ3v) is 3.23. The largest absolute Gasteiger partial charge is 0.508 e. The molecule has 21 heavy (non-hydrogen) atoms. The van der Waals surface area contributed by atoms with Gasteiger partial charge in [0.15, 0.2) is 0 Å². The van der Waals surface area contributed by atoms with Crippen LogP contribution >= 0.6 is 0 Å². The molecule has 0 unspecified atom stereocenters. The van der Waals surface area contributed by atoms with Crippen LogP contribution in [0.2, 0.25) is 0 Å². The molecule has 0 aliphatic heterocycles. The van der Waals surface area contributed by atoms with Crippen LogP contribution in [0.4, 0.5) is 0 Å². The van der Waals surface area contributed by atoms with E-state index in [2.05, 4.69) is 10.3 Å². The van der Waals surface area contributed by atoms with Gasteiger partial charge in [-0.05, 0) is 42.0 Å². The van der Waals surface area contributed by atoms with E-state index >= 15 is 0 Å². The minimum atomic E-state index is -0.211. The lowest BCUT2D eigenvalue weighted by Crippen LogP contribution is -2.22. The zero-order chi connectivity index (χ0) is 14.7. The number of aromatic nitrogens is 1. The molecule has 3 rings (SSSR count). The molecule has 2 N–H and O–H groups in total. The van der Waals surface area contributed by atoms with Gasteiger partial charge in [0.25, 0.3) is 5.91 Å². The number of pyridine rings is 1. The summed E-state index contributed by atoms with van der Waals surface area (Å²) in [5.41, 5.74) is 2.38. The summed E-state index contributed by atoms with van der Waals surface area (Å²) in [7, 11) is 0. The van der Waals surface area contributed by atoms with Crippen molar-refractivity contribution in [2.75, 3.05) is 0 Å². The van der Waals surface area contributed by atoms with Gasteiger partial charge in [-0.25, -0.2) is 0 Å². The topological polar surface area (TPSA) is 62.2 Å². The number of phenols is 1. The zero-order valence-electron chi connectivity index (χ0n) is 11.3. The van der Waals surface area contributed by atoms with Crippen molar-refractivity contribution < 1.29 is 9.90 Å². The van der Waals surface area contributed by atoms with Gasteiger partial charge in [-0.1, -0.05) is 18.2 Å². The van der Waals surface area contributed by atoms with E-state index < -0.39 is 0 Å². The van der Waals surface area contributed by atoms with Crippen molar-refractivity contribution in [2.24, 2.45) is 0 Å². The molecule has 0 fully saturated rings. The van der Waals surface area contributed by atoms with Gasteiger partial charge in [-0.2, -0.15) is 0 Å². The van der Waals surface area contributed by atoms with Crippen LogP contribution in [0.3, 0.4) is 0 Å². The molecule has 4 heteroatoms. The van der Waals surface area contributed by atoms with Gasteiger partial charge in [-0.3, -0.25) is 9.78 Å². The van der Waals surface area contributed by atoms with E-state index in [1.165, 1.54) is 12.1 Å². The van der Waals surface area contributed by atoms with Crippen LogP contribution in [0, 0.1) is 0 Å². The molecule has 2 aromatic carbocycles. The molecule has 4 nitrogen and oxygen atoms in total. The third-order valence-electron chi connectivity index (χ3n) is 3.23. The molecule has 104 valence electrons. The number of phenolic OH excluding ortho intramolecular Hbond substituents is 1. The Kier molecular flexibility index (Phi) is 3.51. The Morgan fingerprint density at radius 3 is 2.86 bits per heavy atom. The maximum absolute atomic E-state index is 12.0. The van der Waals surface area contributed by atoms with Gasteiger partial charge < -0.3 is 10.4 Å². The number of amides is 1. The molecule has 1 amide bonds. The fraction of sp³-hybridized carbons (Fsp3) is 0.0588. The van der Waals surface area contributed by atoms with Gasteiger partial charge in [0.2, 0.25) is 0 Å². The lowest BCUT2D eigenvalue weighted by atomic mass is 10.1. The molecule has 1 heterocycles. The summed E-state index contributed by atoms with van der Waals surface area (Å²) in [6, 6.07) is 16.0. The Labute approximate surface area is 122 Å². The molecule has 3 aromatic rings. The first-order chi connectivity index (χ1) is 10.2. The highest BCUT2D eigenvalue weighted by molar-refractivity contribution is 5.94. The maximum atomic E-state index is 12.0. The van der Waals surface area contributed by atoms with Crippen LogP contribution in [0.1, 0.15) is 15.9 Å². The van der Waals surface area contributed by atoms with Crippen LogP contribution in [0.25, 0.3) is 10.9 Å². The average Bonchev–Trinajstić information content (AvgIpc) is 2.52. The van der Waals surface area contributed by atoms with Gasteiger partial charge in [0.05, 0.1) is 5.52 Å². The molecule has 0 saturated heterocycles. The zero-order valence-corrected chi connectivity index (χ0v) is 11.3. The third kappa shape index (κ3) is 3.00. The molecule has 0 aliphatic rings. The maximum Gasteiger partial charge on any atom is 0.251 e. The SMILES string of the molecule is O=C(NCc1ccc2ncccc2c1)c1cccc(O)c1. The molecule has 0 saturated carbocycles. The minimum Gasteiger partial charge on any atom is -0.508 e. The van der Waals surface area contributed by atoms with Gasteiger partial charge in [-0.15, -0.1) is 0 Å². The second-order valence-corrected chi connectivity index (χ2v) is 4.76. The first kappa shape index (κ1) is 13.1. The van der Waals surface area contributed by atoms with Crippen molar-refractivity contribution in [2.45, 2.75) is 6.54 Å². The number of rotatable bonds is 3. The fourth-order valence-electron chi connectivity index (χ4n) is 2.17. The summed E-state index contributed by atoms with van der Waals surface area (Å²) < 4.78 is 0. The highest BCUT2D eigenvalue weighted by Gasteiger charge is 2.06. The quantitative estimate of drug-likeness (QED) is 0.774. The van der Waals surface area contributed by atoms with Crippen molar-refractivity contribution in [3.05, 3.63) is 71.9 Å². The minimum absolute atomic E-state index is 0.0828. The number of benzene rings is 2. The van der Waals surface area contributed by atoms with E-state index in [1.807, 2.05) is 30.3 Å². The Morgan fingerprint density at radius 2 is 2.00 bits per heavy atom. The number of nitrogens with zero attached hydrogens (tertiary/aromatic N) is 1. The van der Waals surface area contributed by atoms with Crippen LogP contribution in [-0.4, -0.2) is 16.0 Å². The molecule has 0 bridgehead atoms. The van der Waals surface area contributed by atoms with E-state index in [0.29, 0.717) is 12.1 Å². The van der Waals surface area contributed by atoms with Gasteiger partial charge in [0.1, 0.15) is 5.75 Å². The standard InChI is InChI=1S/C17H14N2O2/c20-15-5-1-3-14(10-15)17(21)19-11-12-6-7-16-13(9-12)4-2-8-18-16/h1-10,20H,11H2,(H,19,21). The van der Waals surface area contributed by atoms with Gasteiger partial charge >= 0.3 is 0 Å². The fourth-order valence-corrected chi connectivity index (χ4v) is 2.17. The summed E-state index contributed by atoms with van der Waals surface area (Å²) in [5, 5.41) is 13.3. The number of carbonyl (C=O) groups excluding carboxylic acids is 1. The number of nitrogens with one attached hydrogen (secondary N) is 1. The summed E-state index contributed by atoms with van der Waals surface area (Å²) in [6.45, 7) is 0.430. The van der Waals surface area contributed by atoms with E-state index in [4.69, 9.17) is 0 Å². The number of fused-ring (bicyclic) bond motifs is 1. The summed E-state index contributed by atoms with van der Waals surface area (Å²) >= 11 is 0. The number of aromatic hydroxyl groups is 1. The second-order valence-electron chi connectivity index (χ2n) is 4.76. The Morgan fingerprint density at radius 1 is 1.10 bits per heavy atom. The number of hydrogen-bond acceptors (Lipinski definition) is 3. The van der Waals surface area contributed by atoms with Crippen LogP contribution in [0.5, 0.6) is 5.75 Å². The second kappa shape index (κ2) is 5.63. The number of hydrogen-bond donors (Lipinski definition) is 2. The van der Waals surface area contributed by atoms with Crippen molar-refractivity contribution in [3.8, 4) is 5.75 Å². The van der Waals surface area contributed by atoms with Crippen molar-refractivity contribution >= 4 is 16.8 Å². The van der Waals surface area contributed by atoms with Crippen molar-refractivity contribution in [1.82, 2.24) is 10.3 Å². The molecule has 1 aromatic heterocycles. The highest BCUT2D eigenvalue weighted by atomic mass is 16.3. The molecular formula is C17H14N2O2. The van der Waals surface area contributed by atoms with E-state index in [1.54, 1.807) is 18.3 Å². The predicted molar refractivity (Wildman–Crippen MR) is 81.0 cm³/mol. The monoisotopic (exact) mass is 278 g/mol. The Balaban J connectivity index is 1.72. The molecule has 0 aliphatic carbocycles. The first-order valence-electron chi connectivity index (χ1n) is 6.63. The van der Waals surface area contributed by atoms with E-state index in [-0.39, 0.29) is 11.7 Å². The van der Waals surface area contributed by atoms with Crippen LogP contribution in [0.15, 0.2) is 60.8 Å². The summed E-state index contributed by atoms with van der Waals surface area (Å²) in [5.74, 6) is -0.128. The predicted octanol–water partition coefficient (Wildman–Crippen LogP) is 2.87. The summed E-state index contributed by atoms with van der Waals surface area (Å²) in [6.07, 6.45) is 1.76. The normalized spacial score (nSPS) is 10.5. The smallest absolute Gasteiger partial charge is 0.251 e. The molecule has 0 spiro atoms. The van der Waals surface area contributed by atoms with Crippen LogP contribution in [-0.2, 0) is 6.54 Å². The van der Waals surface area contributed by atoms with Crippen molar-refractivity contribution in [3.63, 3.8) is 0 Å². The van der Waals surface area contributed by atoms with E-state index in [9.17, 15) is 9.90 Å². The van der Waals surface area contributed by atoms with Crippen LogP contribution < -0.4 is 5.32 Å². The van der Waals surface area contributed by atoms with E-state index in [0.717, 1.165) is 16.5 Å². The molecular weight excluding hydrogens is 264 g/mol. The van der Waals surface area contributed by atoms with Crippen molar-refractivity contribution in [1.29, 1.82) is 0 Å². The Hall–Kier alpha value is -2.88. The Bertz CT molecular complexity index is 799. The lowest BCUT2D eigenvalue weighted by Gasteiger charge is -2.07. The molecule has 0 radical (unpaired) electrons. The highest BCUT2D eigenvalue weighted by Crippen LogP contribution is 2.14.